The van der Waals surface area contributed by atoms with Crippen molar-refractivity contribution < 1.29 is 8.42 Å². The van der Waals surface area contributed by atoms with Crippen molar-refractivity contribution in [3.8, 4) is 0 Å². The summed E-state index contributed by atoms with van der Waals surface area (Å²) in [4.78, 5) is 2.29. The molecular formula is C13H22N2O2S. The fraction of sp³-hybridized carbons (Fsp3) is 0.692. The van der Waals surface area contributed by atoms with Crippen molar-refractivity contribution in [3.05, 3.63) is 23.9 Å². The zero-order valence-electron chi connectivity index (χ0n) is 11.2. The number of allylic oxidation sites excluding steroid dienone is 3. The molecule has 1 aliphatic heterocycles. The molecule has 0 radical (unpaired) electrons. The van der Waals surface area contributed by atoms with Crippen LogP contribution < -0.4 is 0 Å². The van der Waals surface area contributed by atoms with E-state index >= 15 is 0 Å². The van der Waals surface area contributed by atoms with Crippen LogP contribution in [0.4, 0.5) is 0 Å². The van der Waals surface area contributed by atoms with E-state index in [4.69, 9.17) is 0 Å². The smallest absolute Gasteiger partial charge is 0.213 e. The lowest BCUT2D eigenvalue weighted by molar-refractivity contribution is 0.232. The van der Waals surface area contributed by atoms with Gasteiger partial charge < -0.3 is 4.90 Å². The number of nitrogens with zero attached hydrogens (tertiary/aromatic N) is 2. The van der Waals surface area contributed by atoms with Gasteiger partial charge in [-0.2, -0.15) is 4.31 Å². The van der Waals surface area contributed by atoms with Gasteiger partial charge in [0.05, 0.1) is 5.75 Å². The summed E-state index contributed by atoms with van der Waals surface area (Å²) in [6.45, 7) is 6.72. The first kappa shape index (κ1) is 13.6. The lowest BCUT2D eigenvalue weighted by Gasteiger charge is -2.36. The lowest BCUT2D eigenvalue weighted by atomic mass is 10.0. The van der Waals surface area contributed by atoms with Gasteiger partial charge in [-0.25, -0.2) is 8.42 Å². The average molecular weight is 270 g/mol. The van der Waals surface area contributed by atoms with Crippen LogP contribution in [0.15, 0.2) is 23.9 Å². The highest BCUT2D eigenvalue weighted by molar-refractivity contribution is 7.89. The topological polar surface area (TPSA) is 40.6 Å². The standard InChI is InChI=1S/C13H22N2O2S/c1-3-18(16,17)15-9-7-14(8-10-15)13-6-4-5-12(2)11-13/h4,6,11-12H,3,5,7-10H2,1-2H3. The first-order valence-corrected chi connectivity index (χ1v) is 8.25. The fourth-order valence-electron chi connectivity index (χ4n) is 2.44. The fourth-order valence-corrected chi connectivity index (χ4v) is 3.52. The maximum atomic E-state index is 11.8. The molecule has 18 heavy (non-hydrogen) atoms. The van der Waals surface area contributed by atoms with Crippen molar-refractivity contribution in [3.63, 3.8) is 0 Å². The SMILES string of the molecule is CCS(=O)(=O)N1CCN(C2=CC(C)CC=C2)CC1. The molecule has 2 rings (SSSR count). The molecule has 1 heterocycles. The highest BCUT2D eigenvalue weighted by Crippen LogP contribution is 2.20. The number of hydrogen-bond acceptors (Lipinski definition) is 3. The number of hydrogen-bond donors (Lipinski definition) is 0. The summed E-state index contributed by atoms with van der Waals surface area (Å²) >= 11 is 0. The van der Waals surface area contributed by atoms with Gasteiger partial charge in [0.1, 0.15) is 0 Å². The minimum absolute atomic E-state index is 0.201. The van der Waals surface area contributed by atoms with Crippen LogP contribution in [-0.2, 0) is 10.0 Å². The Morgan fingerprint density at radius 1 is 1.28 bits per heavy atom. The lowest BCUT2D eigenvalue weighted by Crippen LogP contribution is -2.48. The third kappa shape index (κ3) is 2.95. The van der Waals surface area contributed by atoms with Crippen molar-refractivity contribution >= 4 is 10.0 Å². The third-order valence-corrected chi connectivity index (χ3v) is 5.50. The first-order chi connectivity index (χ1) is 8.53. The Morgan fingerprint density at radius 2 is 1.94 bits per heavy atom. The Balaban J connectivity index is 1.97. The highest BCUT2D eigenvalue weighted by Gasteiger charge is 2.26. The van der Waals surface area contributed by atoms with Crippen LogP contribution in [0.1, 0.15) is 20.3 Å². The normalized spacial score (nSPS) is 26.2. The molecule has 1 saturated heterocycles. The molecule has 0 saturated carbocycles. The molecule has 1 aliphatic carbocycles. The van der Waals surface area contributed by atoms with Gasteiger partial charge in [-0.15, -0.1) is 0 Å². The summed E-state index contributed by atoms with van der Waals surface area (Å²) in [5.41, 5.74) is 1.25. The van der Waals surface area contributed by atoms with Gasteiger partial charge in [0.25, 0.3) is 0 Å². The molecule has 0 aromatic carbocycles. The summed E-state index contributed by atoms with van der Waals surface area (Å²) in [6.07, 6.45) is 7.75. The molecule has 5 heteroatoms. The van der Waals surface area contributed by atoms with Crippen molar-refractivity contribution in [1.29, 1.82) is 0 Å². The van der Waals surface area contributed by atoms with Gasteiger partial charge in [0.15, 0.2) is 0 Å². The van der Waals surface area contributed by atoms with E-state index < -0.39 is 10.0 Å². The van der Waals surface area contributed by atoms with Gasteiger partial charge in [-0.1, -0.05) is 19.1 Å². The largest absolute Gasteiger partial charge is 0.369 e. The molecule has 0 bridgehead atoms. The highest BCUT2D eigenvalue weighted by atomic mass is 32.2. The van der Waals surface area contributed by atoms with E-state index in [9.17, 15) is 8.42 Å². The quantitative estimate of drug-likeness (QED) is 0.779. The van der Waals surface area contributed by atoms with E-state index in [0.29, 0.717) is 19.0 Å². The van der Waals surface area contributed by atoms with E-state index in [-0.39, 0.29) is 5.75 Å². The minimum Gasteiger partial charge on any atom is -0.369 e. The molecule has 4 nitrogen and oxygen atoms in total. The Kier molecular flexibility index (Phi) is 4.12. The third-order valence-electron chi connectivity index (χ3n) is 3.61. The van der Waals surface area contributed by atoms with E-state index in [0.717, 1.165) is 19.5 Å². The zero-order chi connectivity index (χ0) is 13.2. The number of sulfonamides is 1. The molecular weight excluding hydrogens is 248 g/mol. The van der Waals surface area contributed by atoms with Crippen LogP contribution in [0.2, 0.25) is 0 Å². The molecule has 0 aromatic heterocycles. The van der Waals surface area contributed by atoms with Crippen molar-refractivity contribution in [1.82, 2.24) is 9.21 Å². The molecule has 1 unspecified atom stereocenters. The first-order valence-electron chi connectivity index (χ1n) is 6.64. The predicted octanol–water partition coefficient (Wildman–Crippen LogP) is 1.43. The van der Waals surface area contributed by atoms with E-state index in [1.165, 1.54) is 5.70 Å². The molecule has 1 fully saturated rings. The Morgan fingerprint density at radius 3 is 2.50 bits per heavy atom. The van der Waals surface area contributed by atoms with Crippen molar-refractivity contribution in [2.24, 2.45) is 5.92 Å². The van der Waals surface area contributed by atoms with Crippen LogP contribution in [0.3, 0.4) is 0 Å². The molecule has 0 spiro atoms. The maximum absolute atomic E-state index is 11.8. The molecule has 102 valence electrons. The van der Waals surface area contributed by atoms with E-state index in [1.807, 2.05) is 0 Å². The summed E-state index contributed by atoms with van der Waals surface area (Å²) in [6, 6.07) is 0. The van der Waals surface area contributed by atoms with Crippen LogP contribution in [0, 0.1) is 5.92 Å². The van der Waals surface area contributed by atoms with Crippen LogP contribution in [0.5, 0.6) is 0 Å². The van der Waals surface area contributed by atoms with Crippen LogP contribution in [-0.4, -0.2) is 49.6 Å². The molecule has 0 N–H and O–H groups in total. The number of piperazine rings is 1. The second kappa shape index (κ2) is 5.45. The second-order valence-electron chi connectivity index (χ2n) is 4.99. The number of rotatable bonds is 3. The van der Waals surface area contributed by atoms with E-state index in [1.54, 1.807) is 11.2 Å². The van der Waals surface area contributed by atoms with Crippen LogP contribution in [0.25, 0.3) is 0 Å². The Bertz CT molecular complexity index is 446. The Hall–Kier alpha value is -0.810. The van der Waals surface area contributed by atoms with Gasteiger partial charge in [0, 0.05) is 31.9 Å². The summed E-state index contributed by atoms with van der Waals surface area (Å²) < 4.78 is 25.1. The average Bonchev–Trinajstić information content (AvgIpc) is 2.39. The molecule has 0 aromatic rings. The monoisotopic (exact) mass is 270 g/mol. The van der Waals surface area contributed by atoms with Gasteiger partial charge >= 0.3 is 0 Å². The summed E-state index contributed by atoms with van der Waals surface area (Å²) in [5, 5.41) is 0. The minimum atomic E-state index is -3.02. The van der Waals surface area contributed by atoms with Gasteiger partial charge in [0.2, 0.25) is 10.0 Å². The summed E-state index contributed by atoms with van der Waals surface area (Å²) in [5.74, 6) is 0.787. The molecule has 0 amide bonds. The Labute approximate surface area is 110 Å². The molecule has 2 aliphatic rings. The summed E-state index contributed by atoms with van der Waals surface area (Å²) in [7, 11) is -3.02. The maximum Gasteiger partial charge on any atom is 0.213 e. The predicted molar refractivity (Wildman–Crippen MR) is 73.6 cm³/mol. The zero-order valence-corrected chi connectivity index (χ0v) is 12.0. The van der Waals surface area contributed by atoms with Gasteiger partial charge in [-0.05, 0) is 25.3 Å². The van der Waals surface area contributed by atoms with Gasteiger partial charge in [-0.3, -0.25) is 0 Å². The van der Waals surface area contributed by atoms with Crippen molar-refractivity contribution in [2.45, 2.75) is 20.3 Å². The second-order valence-corrected chi connectivity index (χ2v) is 7.25. The van der Waals surface area contributed by atoms with Crippen molar-refractivity contribution in [2.75, 3.05) is 31.9 Å². The molecule has 1 atom stereocenters. The van der Waals surface area contributed by atoms with Crippen LogP contribution >= 0.6 is 0 Å². The van der Waals surface area contributed by atoms with E-state index in [2.05, 4.69) is 30.1 Å².